The molecule has 1 N–H and O–H groups in total. The predicted molar refractivity (Wildman–Crippen MR) is 51.3 cm³/mol. The summed E-state index contributed by atoms with van der Waals surface area (Å²) in [6.45, 7) is 0. The van der Waals surface area contributed by atoms with E-state index in [4.69, 9.17) is 11.6 Å². The largest absolute Gasteiger partial charge is 0.342 e. The summed E-state index contributed by atoms with van der Waals surface area (Å²) >= 11 is 7.11. The van der Waals surface area contributed by atoms with Crippen molar-refractivity contribution in [1.29, 1.82) is 0 Å². The van der Waals surface area contributed by atoms with E-state index >= 15 is 0 Å². The van der Waals surface area contributed by atoms with Crippen LogP contribution in [0.3, 0.4) is 0 Å². The number of nitrogens with one attached hydrogen (secondary N) is 1. The van der Waals surface area contributed by atoms with Crippen molar-refractivity contribution in [2.45, 2.75) is 0 Å². The van der Waals surface area contributed by atoms with Crippen molar-refractivity contribution in [3.05, 3.63) is 39.6 Å². The molecule has 0 fully saturated rings. The molecule has 0 spiro atoms. The first-order chi connectivity index (χ1) is 6.29. The fourth-order valence-electron chi connectivity index (χ4n) is 0.953. The maximum Gasteiger partial charge on any atom is 0.239 e. The molecule has 13 heavy (non-hydrogen) atoms. The quantitative estimate of drug-likeness (QED) is 0.777. The first-order valence-electron chi connectivity index (χ1n) is 3.56. The smallest absolute Gasteiger partial charge is 0.239 e. The van der Waals surface area contributed by atoms with Crippen molar-refractivity contribution in [3.8, 4) is 0 Å². The minimum atomic E-state index is -0.162. The Balaban J connectivity index is 2.39. The van der Waals surface area contributed by atoms with Crippen LogP contribution < -0.4 is 0 Å². The van der Waals surface area contributed by atoms with Crippen LogP contribution >= 0.6 is 22.9 Å². The fourth-order valence-corrected chi connectivity index (χ4v) is 2.03. The van der Waals surface area contributed by atoms with E-state index in [2.05, 4.69) is 9.97 Å². The summed E-state index contributed by atoms with van der Waals surface area (Å²) in [5.74, 6) is 0.161. The Morgan fingerprint density at radius 3 is 3.00 bits per heavy atom. The Morgan fingerprint density at radius 1 is 1.62 bits per heavy atom. The summed E-state index contributed by atoms with van der Waals surface area (Å²) in [4.78, 5) is 18.7. The molecular weight excluding hydrogens is 208 g/mol. The zero-order valence-electron chi connectivity index (χ0n) is 6.45. The minimum Gasteiger partial charge on any atom is -0.342 e. The number of nitrogens with zero attached hydrogens (tertiary/aromatic N) is 1. The van der Waals surface area contributed by atoms with Crippen molar-refractivity contribution < 1.29 is 4.79 Å². The van der Waals surface area contributed by atoms with Gasteiger partial charge in [0.1, 0.15) is 0 Å². The molecule has 0 saturated heterocycles. The van der Waals surface area contributed by atoms with Crippen LogP contribution in [0, 0.1) is 0 Å². The van der Waals surface area contributed by atoms with Gasteiger partial charge in [-0.1, -0.05) is 11.6 Å². The maximum atomic E-state index is 11.6. The van der Waals surface area contributed by atoms with Crippen molar-refractivity contribution in [3.63, 3.8) is 0 Å². The highest BCUT2D eigenvalue weighted by atomic mass is 35.5. The van der Waals surface area contributed by atoms with Crippen LogP contribution in [0.1, 0.15) is 15.5 Å². The molecule has 0 unspecified atom stereocenters. The normalized spacial score (nSPS) is 10.2. The number of aromatic nitrogens is 2. The molecule has 2 heterocycles. The Labute approximate surface area is 83.4 Å². The van der Waals surface area contributed by atoms with E-state index in [9.17, 15) is 4.79 Å². The second-order valence-electron chi connectivity index (χ2n) is 2.36. The van der Waals surface area contributed by atoms with Gasteiger partial charge in [0.2, 0.25) is 5.78 Å². The lowest BCUT2D eigenvalue weighted by Crippen LogP contribution is -2.01. The highest BCUT2D eigenvalue weighted by molar-refractivity contribution is 7.13. The van der Waals surface area contributed by atoms with Gasteiger partial charge in [-0.2, -0.15) is 0 Å². The van der Waals surface area contributed by atoms with Crippen LogP contribution in [0.5, 0.6) is 0 Å². The van der Waals surface area contributed by atoms with Gasteiger partial charge in [0.25, 0.3) is 0 Å². The number of hydrogen-bond donors (Lipinski definition) is 1. The van der Waals surface area contributed by atoms with Crippen LogP contribution in [0.15, 0.2) is 23.8 Å². The second kappa shape index (κ2) is 3.32. The first-order valence-corrected chi connectivity index (χ1v) is 4.82. The van der Waals surface area contributed by atoms with E-state index in [1.54, 1.807) is 17.6 Å². The van der Waals surface area contributed by atoms with Crippen LogP contribution in [-0.4, -0.2) is 15.8 Å². The van der Waals surface area contributed by atoms with Gasteiger partial charge in [-0.25, -0.2) is 4.98 Å². The van der Waals surface area contributed by atoms with Gasteiger partial charge in [-0.3, -0.25) is 4.79 Å². The molecule has 0 aromatic carbocycles. The van der Waals surface area contributed by atoms with Gasteiger partial charge in [0, 0.05) is 12.4 Å². The zero-order chi connectivity index (χ0) is 9.26. The Morgan fingerprint density at radius 2 is 2.46 bits per heavy atom. The molecule has 3 nitrogen and oxygen atoms in total. The molecule has 2 rings (SSSR count). The molecule has 0 aliphatic carbocycles. The molecule has 2 aromatic rings. The molecule has 0 atom stereocenters. The van der Waals surface area contributed by atoms with Crippen LogP contribution in [0.2, 0.25) is 5.02 Å². The fraction of sp³-hybridized carbons (Fsp3) is 0. The number of halogens is 1. The summed E-state index contributed by atoms with van der Waals surface area (Å²) in [5.41, 5.74) is 0. The molecule has 0 aliphatic heterocycles. The number of carbonyl (C=O) groups is 1. The molecule has 5 heteroatoms. The lowest BCUT2D eigenvalue weighted by atomic mass is 10.3. The average molecular weight is 213 g/mol. The summed E-state index contributed by atoms with van der Waals surface area (Å²) in [5, 5.41) is 2.25. The molecule has 0 radical (unpaired) electrons. The third-order valence-electron chi connectivity index (χ3n) is 1.54. The van der Waals surface area contributed by atoms with E-state index in [0.29, 0.717) is 15.7 Å². The number of thiophene rings is 1. The highest BCUT2D eigenvalue weighted by Crippen LogP contribution is 2.23. The lowest BCUT2D eigenvalue weighted by molar-refractivity contribution is 0.103. The Hall–Kier alpha value is -1.13. The Bertz CT molecular complexity index is 421. The second-order valence-corrected chi connectivity index (χ2v) is 3.69. The molecule has 0 bridgehead atoms. The number of hydrogen-bond acceptors (Lipinski definition) is 3. The summed E-state index contributed by atoms with van der Waals surface area (Å²) in [7, 11) is 0. The molecule has 66 valence electrons. The molecule has 0 saturated carbocycles. The van der Waals surface area contributed by atoms with E-state index in [1.807, 2.05) is 0 Å². The Kier molecular flexibility index (Phi) is 2.16. The van der Waals surface area contributed by atoms with E-state index in [-0.39, 0.29) is 5.78 Å². The van der Waals surface area contributed by atoms with Gasteiger partial charge < -0.3 is 4.98 Å². The van der Waals surface area contributed by atoms with Crippen LogP contribution in [-0.2, 0) is 0 Å². The van der Waals surface area contributed by atoms with Crippen LogP contribution in [0.4, 0.5) is 0 Å². The molecule has 0 amide bonds. The predicted octanol–water partition coefficient (Wildman–Crippen LogP) is 2.36. The van der Waals surface area contributed by atoms with Crippen molar-refractivity contribution >= 4 is 28.7 Å². The lowest BCUT2D eigenvalue weighted by Gasteiger charge is -1.92. The molecule has 2 aromatic heterocycles. The van der Waals surface area contributed by atoms with Crippen molar-refractivity contribution in [2.24, 2.45) is 0 Å². The number of imidazole rings is 1. The van der Waals surface area contributed by atoms with Crippen molar-refractivity contribution in [2.75, 3.05) is 0 Å². The topological polar surface area (TPSA) is 45.8 Å². The number of carbonyl (C=O) groups excluding carboxylic acids is 1. The summed E-state index contributed by atoms with van der Waals surface area (Å²) < 4.78 is 0. The van der Waals surface area contributed by atoms with Crippen LogP contribution in [0.25, 0.3) is 0 Å². The number of rotatable bonds is 2. The van der Waals surface area contributed by atoms with E-state index < -0.39 is 0 Å². The SMILES string of the molecule is O=C(c1ncc[nH]1)c1sccc1Cl. The number of H-pyrrole nitrogens is 1. The first kappa shape index (κ1) is 8.47. The number of aromatic amines is 1. The third kappa shape index (κ3) is 1.50. The highest BCUT2D eigenvalue weighted by Gasteiger charge is 2.15. The monoisotopic (exact) mass is 212 g/mol. The molecule has 0 aliphatic rings. The third-order valence-corrected chi connectivity index (χ3v) is 2.88. The van der Waals surface area contributed by atoms with E-state index in [0.717, 1.165) is 0 Å². The standard InChI is InChI=1S/C8H5ClN2OS/c9-5-1-4-13-7(5)6(12)8-10-2-3-11-8/h1-4H,(H,10,11). The minimum absolute atomic E-state index is 0.162. The van der Waals surface area contributed by atoms with Gasteiger partial charge in [0.15, 0.2) is 5.82 Å². The van der Waals surface area contributed by atoms with E-state index in [1.165, 1.54) is 17.5 Å². The average Bonchev–Trinajstić information content (AvgIpc) is 2.72. The van der Waals surface area contributed by atoms with Crippen molar-refractivity contribution in [1.82, 2.24) is 9.97 Å². The van der Waals surface area contributed by atoms with Gasteiger partial charge in [-0.15, -0.1) is 11.3 Å². The molecular formula is C8H5ClN2OS. The number of ketones is 1. The van der Waals surface area contributed by atoms with Gasteiger partial charge in [-0.05, 0) is 11.4 Å². The van der Waals surface area contributed by atoms with Gasteiger partial charge >= 0.3 is 0 Å². The summed E-state index contributed by atoms with van der Waals surface area (Å²) in [6.07, 6.45) is 3.14. The zero-order valence-corrected chi connectivity index (χ0v) is 8.02. The maximum absolute atomic E-state index is 11.6. The van der Waals surface area contributed by atoms with Gasteiger partial charge in [0.05, 0.1) is 9.90 Å². The summed E-state index contributed by atoms with van der Waals surface area (Å²) in [6, 6.07) is 1.70.